The zero-order chi connectivity index (χ0) is 22.1. The summed E-state index contributed by atoms with van der Waals surface area (Å²) in [5, 5.41) is 23.7. The maximum Gasteiger partial charge on any atom is 0.326 e. The number of hydrogen-bond acceptors (Lipinski definition) is 8. The molecule has 166 valence electrons. The Morgan fingerprint density at radius 3 is 2.45 bits per heavy atom. The van der Waals surface area contributed by atoms with Gasteiger partial charge in [0.05, 0.1) is 6.10 Å². The predicted octanol–water partition coefficient (Wildman–Crippen LogP) is -1.58. The van der Waals surface area contributed by atoms with Gasteiger partial charge in [0.2, 0.25) is 17.7 Å². The predicted molar refractivity (Wildman–Crippen MR) is 113 cm³/mol. The number of rotatable bonds is 11. The topological polar surface area (TPSA) is 162 Å². The van der Waals surface area contributed by atoms with E-state index in [0.717, 1.165) is 0 Å². The minimum Gasteiger partial charge on any atom is -0.480 e. The number of nitrogens with zero attached hydrogens (tertiary/aromatic N) is 1. The fourth-order valence-corrected chi connectivity index (χ4v) is 3.66. The first-order valence-corrected chi connectivity index (χ1v) is 11.3. The van der Waals surface area contributed by atoms with Crippen LogP contribution in [-0.4, -0.2) is 93.4 Å². The van der Waals surface area contributed by atoms with E-state index in [9.17, 15) is 29.4 Å². The lowest BCUT2D eigenvalue weighted by Gasteiger charge is -2.29. The Hall–Kier alpha value is -1.50. The van der Waals surface area contributed by atoms with Gasteiger partial charge in [-0.15, -0.1) is 0 Å². The molecule has 10 nitrogen and oxygen atoms in total. The molecule has 1 aliphatic heterocycles. The van der Waals surface area contributed by atoms with Gasteiger partial charge in [0.25, 0.3) is 0 Å². The van der Waals surface area contributed by atoms with Crippen LogP contribution in [0.2, 0.25) is 0 Å². The lowest BCUT2D eigenvalue weighted by molar-refractivity contribution is -0.144. The molecule has 0 spiro atoms. The second-order valence-electron chi connectivity index (χ2n) is 6.88. The Bertz CT molecular complexity index is 606. The number of carboxylic acid groups (broad SMARTS) is 1. The Labute approximate surface area is 179 Å². The van der Waals surface area contributed by atoms with E-state index in [2.05, 4.69) is 23.3 Å². The van der Waals surface area contributed by atoms with Gasteiger partial charge in [-0.1, -0.05) is 0 Å². The second kappa shape index (κ2) is 12.3. The summed E-state index contributed by atoms with van der Waals surface area (Å²) >= 11 is 5.57. The minimum atomic E-state index is -1.20. The van der Waals surface area contributed by atoms with Crippen molar-refractivity contribution < 1.29 is 29.4 Å². The Kier molecular flexibility index (Phi) is 10.8. The number of amides is 3. The van der Waals surface area contributed by atoms with Crippen LogP contribution in [0.5, 0.6) is 0 Å². The number of nitrogens with two attached hydrogens (primary N) is 1. The number of aliphatic carboxylic acids is 1. The molecular formula is C17H30N4O6S2. The molecule has 0 aromatic carbocycles. The fourth-order valence-electron chi connectivity index (χ4n) is 2.94. The number of thiol groups is 1. The number of carbonyl (C=O) groups is 4. The maximum absolute atomic E-state index is 12.9. The number of carbonyl (C=O) groups excluding carboxylic acids is 3. The van der Waals surface area contributed by atoms with E-state index in [4.69, 9.17) is 5.73 Å². The standard InChI is InChI=1S/C17H30N4O6S2/c1-9(22)13(18)15(24)20-11(8-28)16(25)21-6-3-4-12(21)14(23)19-10(17(26)27)5-7-29-2/h9-13,22,28H,3-8,18H2,1-2H3,(H,19,23)(H,20,24)(H,26,27). The molecule has 5 atom stereocenters. The number of thioether (sulfide) groups is 1. The molecule has 1 rings (SSSR count). The van der Waals surface area contributed by atoms with Crippen LogP contribution in [-0.2, 0) is 19.2 Å². The molecule has 6 N–H and O–H groups in total. The van der Waals surface area contributed by atoms with E-state index in [1.54, 1.807) is 0 Å². The summed E-state index contributed by atoms with van der Waals surface area (Å²) in [6.45, 7) is 1.67. The summed E-state index contributed by atoms with van der Waals surface area (Å²) in [7, 11) is 0. The van der Waals surface area contributed by atoms with E-state index in [0.29, 0.717) is 25.1 Å². The zero-order valence-corrected chi connectivity index (χ0v) is 18.2. The largest absolute Gasteiger partial charge is 0.480 e. The molecule has 0 aromatic rings. The molecule has 0 saturated carbocycles. The molecule has 12 heteroatoms. The molecule has 1 fully saturated rings. The van der Waals surface area contributed by atoms with Crippen molar-refractivity contribution in [2.24, 2.45) is 5.73 Å². The highest BCUT2D eigenvalue weighted by Crippen LogP contribution is 2.19. The molecule has 1 saturated heterocycles. The molecule has 1 aliphatic rings. The van der Waals surface area contributed by atoms with Crippen molar-refractivity contribution in [1.82, 2.24) is 15.5 Å². The molecule has 5 unspecified atom stereocenters. The minimum absolute atomic E-state index is 0.0204. The number of carboxylic acids is 1. The average molecular weight is 451 g/mol. The van der Waals surface area contributed by atoms with Gasteiger partial charge in [-0.05, 0) is 38.2 Å². The highest BCUT2D eigenvalue weighted by Gasteiger charge is 2.38. The highest BCUT2D eigenvalue weighted by molar-refractivity contribution is 7.98. The van der Waals surface area contributed by atoms with E-state index in [1.807, 2.05) is 6.26 Å². The number of aliphatic hydroxyl groups excluding tert-OH is 1. The van der Waals surface area contributed by atoms with E-state index >= 15 is 0 Å². The van der Waals surface area contributed by atoms with Crippen LogP contribution in [0.25, 0.3) is 0 Å². The van der Waals surface area contributed by atoms with Crippen LogP contribution in [0.3, 0.4) is 0 Å². The van der Waals surface area contributed by atoms with Crippen molar-refractivity contribution in [3.63, 3.8) is 0 Å². The third kappa shape index (κ3) is 7.36. The monoisotopic (exact) mass is 450 g/mol. The number of aliphatic hydroxyl groups is 1. The van der Waals surface area contributed by atoms with Crippen molar-refractivity contribution in [1.29, 1.82) is 0 Å². The van der Waals surface area contributed by atoms with Crippen LogP contribution < -0.4 is 16.4 Å². The first kappa shape index (κ1) is 25.5. The molecule has 0 aliphatic carbocycles. The summed E-state index contributed by atoms with van der Waals surface area (Å²) in [5.74, 6) is -2.31. The van der Waals surface area contributed by atoms with E-state index in [-0.39, 0.29) is 12.2 Å². The molecule has 0 bridgehead atoms. The maximum atomic E-state index is 12.9. The van der Waals surface area contributed by atoms with Gasteiger partial charge in [0.15, 0.2) is 0 Å². The van der Waals surface area contributed by atoms with Gasteiger partial charge >= 0.3 is 5.97 Å². The highest BCUT2D eigenvalue weighted by atomic mass is 32.2. The Balaban J connectivity index is 2.82. The SMILES string of the molecule is CSCCC(NC(=O)C1CCCN1C(=O)C(CS)NC(=O)C(N)C(C)O)C(=O)O. The third-order valence-electron chi connectivity index (χ3n) is 4.68. The summed E-state index contributed by atoms with van der Waals surface area (Å²) in [6.07, 6.45) is 1.99. The quantitative estimate of drug-likeness (QED) is 0.206. The van der Waals surface area contributed by atoms with Crippen molar-refractivity contribution in [3.8, 4) is 0 Å². The fraction of sp³-hybridized carbons (Fsp3) is 0.765. The van der Waals surface area contributed by atoms with E-state index in [1.165, 1.54) is 23.6 Å². The van der Waals surface area contributed by atoms with Crippen molar-refractivity contribution >= 4 is 48.1 Å². The smallest absolute Gasteiger partial charge is 0.326 e. The lowest BCUT2D eigenvalue weighted by Crippen LogP contribution is -2.58. The summed E-state index contributed by atoms with van der Waals surface area (Å²) in [5.41, 5.74) is 5.58. The molecule has 29 heavy (non-hydrogen) atoms. The first-order valence-electron chi connectivity index (χ1n) is 9.31. The van der Waals surface area contributed by atoms with E-state index < -0.39 is 54.0 Å². The normalized spacial score (nSPS) is 20.4. The van der Waals surface area contributed by atoms with Crippen LogP contribution in [0.1, 0.15) is 26.2 Å². The van der Waals surface area contributed by atoms with Crippen molar-refractivity contribution in [2.45, 2.75) is 56.5 Å². The summed E-state index contributed by atoms with van der Waals surface area (Å²) in [4.78, 5) is 50.3. The molecular weight excluding hydrogens is 420 g/mol. The van der Waals surface area contributed by atoms with Gasteiger partial charge < -0.3 is 31.5 Å². The van der Waals surface area contributed by atoms with Crippen LogP contribution >= 0.6 is 24.4 Å². The molecule has 1 heterocycles. The van der Waals surface area contributed by atoms with Gasteiger partial charge in [0, 0.05) is 12.3 Å². The number of nitrogens with one attached hydrogen (secondary N) is 2. The zero-order valence-electron chi connectivity index (χ0n) is 16.5. The van der Waals surface area contributed by atoms with Gasteiger partial charge in [-0.3, -0.25) is 14.4 Å². The summed E-state index contributed by atoms with van der Waals surface area (Å²) in [6, 6.07) is -4.06. The van der Waals surface area contributed by atoms with Crippen LogP contribution in [0, 0.1) is 0 Å². The van der Waals surface area contributed by atoms with Crippen LogP contribution in [0.15, 0.2) is 0 Å². The third-order valence-corrected chi connectivity index (χ3v) is 5.69. The number of hydrogen-bond donors (Lipinski definition) is 6. The first-order chi connectivity index (χ1) is 13.6. The number of likely N-dealkylation sites (tertiary alicyclic amines) is 1. The molecule has 3 amide bonds. The van der Waals surface area contributed by atoms with Gasteiger partial charge in [-0.25, -0.2) is 4.79 Å². The van der Waals surface area contributed by atoms with Gasteiger partial charge in [-0.2, -0.15) is 24.4 Å². The van der Waals surface area contributed by atoms with Crippen molar-refractivity contribution in [2.75, 3.05) is 24.3 Å². The summed E-state index contributed by atoms with van der Waals surface area (Å²) < 4.78 is 0. The Morgan fingerprint density at radius 2 is 1.93 bits per heavy atom. The Morgan fingerprint density at radius 1 is 1.28 bits per heavy atom. The van der Waals surface area contributed by atoms with Gasteiger partial charge in [0.1, 0.15) is 24.2 Å². The molecule has 0 radical (unpaired) electrons. The average Bonchev–Trinajstić information content (AvgIpc) is 3.17. The lowest BCUT2D eigenvalue weighted by atomic mass is 10.1. The van der Waals surface area contributed by atoms with Crippen LogP contribution in [0.4, 0.5) is 0 Å². The second-order valence-corrected chi connectivity index (χ2v) is 8.23. The van der Waals surface area contributed by atoms with Crippen molar-refractivity contribution in [3.05, 3.63) is 0 Å². The molecule has 0 aromatic heterocycles.